The Morgan fingerprint density at radius 1 is 1.53 bits per heavy atom. The van der Waals surface area contributed by atoms with Gasteiger partial charge in [-0.25, -0.2) is 4.39 Å². The van der Waals surface area contributed by atoms with E-state index < -0.39 is 18.2 Å². The fraction of sp³-hybridized carbons (Fsp3) is 0.273. The zero-order chi connectivity index (χ0) is 13.0. The van der Waals surface area contributed by atoms with Gasteiger partial charge < -0.3 is 15.8 Å². The Morgan fingerprint density at radius 3 is 2.71 bits per heavy atom. The molecule has 0 amide bonds. The summed E-state index contributed by atoms with van der Waals surface area (Å²) in [6.07, 6.45) is 0. The summed E-state index contributed by atoms with van der Waals surface area (Å²) in [4.78, 5) is 0. The first-order chi connectivity index (χ1) is 7.90. The fourth-order valence-electron chi connectivity index (χ4n) is 1.15. The summed E-state index contributed by atoms with van der Waals surface area (Å²) in [6, 6.07) is 2.03. The van der Waals surface area contributed by atoms with Crippen molar-refractivity contribution < 1.29 is 17.9 Å². The lowest BCUT2D eigenvalue weighted by atomic mass is 10.2. The highest BCUT2D eigenvalue weighted by Crippen LogP contribution is 2.29. The Morgan fingerprint density at radius 2 is 2.18 bits per heavy atom. The second-order valence-electron chi connectivity index (χ2n) is 3.56. The molecule has 3 N–H and O–H groups in total. The molecule has 0 saturated heterocycles. The van der Waals surface area contributed by atoms with Gasteiger partial charge in [-0.3, -0.25) is 0 Å². The van der Waals surface area contributed by atoms with Gasteiger partial charge in [-0.1, -0.05) is 12.2 Å². The first-order valence-electron chi connectivity index (χ1n) is 4.82. The van der Waals surface area contributed by atoms with E-state index in [1.165, 1.54) is 0 Å². The number of halogens is 3. The van der Waals surface area contributed by atoms with Crippen molar-refractivity contribution in [3.05, 3.63) is 30.1 Å². The van der Waals surface area contributed by atoms with Crippen molar-refractivity contribution in [2.24, 2.45) is 0 Å². The number of alkyl halides is 2. The summed E-state index contributed by atoms with van der Waals surface area (Å²) < 4.78 is 41.2. The number of nitrogen functional groups attached to an aromatic ring is 1. The van der Waals surface area contributed by atoms with E-state index in [-0.39, 0.29) is 5.69 Å². The number of rotatable bonds is 5. The molecule has 0 heterocycles. The molecule has 6 heteroatoms. The molecular formula is C11H13F3N2O. The molecule has 0 bridgehead atoms. The number of anilines is 2. The van der Waals surface area contributed by atoms with Gasteiger partial charge in [-0.2, -0.15) is 8.78 Å². The Balaban J connectivity index is 2.93. The molecule has 1 rings (SSSR count). The van der Waals surface area contributed by atoms with E-state index in [1.54, 1.807) is 6.92 Å². The number of hydrogen-bond acceptors (Lipinski definition) is 3. The van der Waals surface area contributed by atoms with E-state index in [9.17, 15) is 13.2 Å². The van der Waals surface area contributed by atoms with Gasteiger partial charge in [0.1, 0.15) is 0 Å². The van der Waals surface area contributed by atoms with Crippen LogP contribution in [0.4, 0.5) is 24.5 Å². The lowest BCUT2D eigenvalue weighted by Gasteiger charge is -2.12. The molecule has 0 spiro atoms. The minimum absolute atomic E-state index is 0.116. The Bertz CT molecular complexity index is 421. The predicted octanol–water partition coefficient (Wildman–Crippen LogP) is 3.00. The summed E-state index contributed by atoms with van der Waals surface area (Å²) >= 11 is 0. The van der Waals surface area contributed by atoms with Crippen molar-refractivity contribution in [1.29, 1.82) is 0 Å². The van der Waals surface area contributed by atoms with Gasteiger partial charge >= 0.3 is 6.61 Å². The predicted molar refractivity (Wildman–Crippen MR) is 60.7 cm³/mol. The van der Waals surface area contributed by atoms with Crippen LogP contribution in [-0.4, -0.2) is 13.2 Å². The molecule has 0 saturated carbocycles. The van der Waals surface area contributed by atoms with Crippen LogP contribution in [0.3, 0.4) is 0 Å². The Labute approximate surface area is 97.1 Å². The third-order valence-electron chi connectivity index (χ3n) is 1.90. The number of hydrogen-bond donors (Lipinski definition) is 2. The van der Waals surface area contributed by atoms with Crippen LogP contribution in [0.15, 0.2) is 24.3 Å². The Hall–Kier alpha value is -1.85. The molecule has 0 radical (unpaired) electrons. The minimum atomic E-state index is -3.08. The maximum atomic E-state index is 13.2. The van der Waals surface area contributed by atoms with Crippen LogP contribution in [0.2, 0.25) is 0 Å². The molecule has 0 fully saturated rings. The average Bonchev–Trinajstić information content (AvgIpc) is 2.19. The van der Waals surface area contributed by atoms with Crippen LogP contribution in [-0.2, 0) is 0 Å². The van der Waals surface area contributed by atoms with Crippen LogP contribution >= 0.6 is 0 Å². The lowest BCUT2D eigenvalue weighted by Crippen LogP contribution is -2.08. The summed E-state index contributed by atoms with van der Waals surface area (Å²) in [5, 5.41) is 2.84. The third kappa shape index (κ3) is 3.90. The molecule has 94 valence electrons. The molecule has 0 aliphatic heterocycles. The van der Waals surface area contributed by atoms with Crippen molar-refractivity contribution in [3.63, 3.8) is 0 Å². The molecule has 0 atom stereocenters. The van der Waals surface area contributed by atoms with Crippen molar-refractivity contribution >= 4 is 11.4 Å². The van der Waals surface area contributed by atoms with Gasteiger partial charge in [0.15, 0.2) is 11.6 Å². The van der Waals surface area contributed by atoms with Crippen LogP contribution < -0.4 is 15.8 Å². The first kappa shape index (κ1) is 13.2. The highest BCUT2D eigenvalue weighted by molar-refractivity contribution is 5.68. The topological polar surface area (TPSA) is 47.3 Å². The molecule has 0 aliphatic carbocycles. The quantitative estimate of drug-likeness (QED) is 0.620. The zero-order valence-corrected chi connectivity index (χ0v) is 9.27. The van der Waals surface area contributed by atoms with E-state index in [2.05, 4.69) is 16.6 Å². The number of ether oxygens (including phenoxy) is 1. The zero-order valence-electron chi connectivity index (χ0n) is 9.27. The summed E-state index contributed by atoms with van der Waals surface area (Å²) in [7, 11) is 0. The second kappa shape index (κ2) is 5.47. The van der Waals surface area contributed by atoms with Gasteiger partial charge in [0, 0.05) is 18.7 Å². The largest absolute Gasteiger partial charge is 0.432 e. The maximum Gasteiger partial charge on any atom is 0.387 e. The van der Waals surface area contributed by atoms with Gasteiger partial charge in [0.2, 0.25) is 0 Å². The molecule has 3 nitrogen and oxygen atoms in total. The smallest absolute Gasteiger partial charge is 0.387 e. The first-order valence-corrected chi connectivity index (χ1v) is 4.82. The fourth-order valence-corrected chi connectivity index (χ4v) is 1.15. The highest BCUT2D eigenvalue weighted by Gasteiger charge is 2.13. The van der Waals surface area contributed by atoms with Crippen molar-refractivity contribution in [1.82, 2.24) is 0 Å². The average molecular weight is 246 g/mol. The number of nitrogens with two attached hydrogens (primary N) is 1. The lowest BCUT2D eigenvalue weighted by molar-refractivity contribution is -0.0521. The van der Waals surface area contributed by atoms with Crippen LogP contribution in [0.1, 0.15) is 6.92 Å². The van der Waals surface area contributed by atoms with Gasteiger partial charge in [0.25, 0.3) is 0 Å². The van der Waals surface area contributed by atoms with E-state index in [0.717, 1.165) is 17.7 Å². The highest BCUT2D eigenvalue weighted by atomic mass is 19.3. The monoisotopic (exact) mass is 246 g/mol. The molecule has 1 aromatic carbocycles. The summed E-state index contributed by atoms with van der Waals surface area (Å²) in [6.45, 7) is 2.77. The standard InChI is InChI=1S/C11H13F3N2O/c1-6(2)5-16-9-4-10(17-11(13)14)7(12)3-8(9)15/h3-4,11,16H,1,5,15H2,2H3. The van der Waals surface area contributed by atoms with E-state index in [1.807, 2.05) is 0 Å². The van der Waals surface area contributed by atoms with Gasteiger partial charge in [-0.15, -0.1) is 0 Å². The van der Waals surface area contributed by atoms with E-state index in [0.29, 0.717) is 12.2 Å². The summed E-state index contributed by atoms with van der Waals surface area (Å²) in [5.74, 6) is -1.47. The normalized spacial score (nSPS) is 10.4. The van der Waals surface area contributed by atoms with E-state index >= 15 is 0 Å². The van der Waals surface area contributed by atoms with Crippen LogP contribution in [0, 0.1) is 5.82 Å². The SMILES string of the molecule is C=C(C)CNc1cc(OC(F)F)c(F)cc1N. The van der Waals surface area contributed by atoms with Crippen LogP contribution in [0.5, 0.6) is 5.75 Å². The van der Waals surface area contributed by atoms with Crippen molar-refractivity contribution in [3.8, 4) is 5.75 Å². The van der Waals surface area contributed by atoms with Crippen molar-refractivity contribution in [2.45, 2.75) is 13.5 Å². The molecule has 0 aliphatic rings. The summed E-state index contributed by atoms with van der Waals surface area (Å²) in [5.41, 5.74) is 6.80. The van der Waals surface area contributed by atoms with E-state index in [4.69, 9.17) is 5.73 Å². The van der Waals surface area contributed by atoms with Crippen LogP contribution in [0.25, 0.3) is 0 Å². The molecule has 0 aromatic heterocycles. The molecule has 1 aromatic rings. The number of nitrogens with one attached hydrogen (secondary N) is 1. The molecule has 0 unspecified atom stereocenters. The molecule has 17 heavy (non-hydrogen) atoms. The second-order valence-corrected chi connectivity index (χ2v) is 3.56. The number of benzene rings is 1. The van der Waals surface area contributed by atoms with Crippen molar-refractivity contribution in [2.75, 3.05) is 17.6 Å². The molecular weight excluding hydrogens is 233 g/mol. The minimum Gasteiger partial charge on any atom is -0.432 e. The van der Waals surface area contributed by atoms with Gasteiger partial charge in [0.05, 0.1) is 11.4 Å². The Kier molecular flexibility index (Phi) is 4.25. The van der Waals surface area contributed by atoms with Gasteiger partial charge in [-0.05, 0) is 6.92 Å². The third-order valence-corrected chi connectivity index (χ3v) is 1.90. The maximum absolute atomic E-state index is 13.2.